The Kier molecular flexibility index (Phi) is 8.75. The number of hydrogen-bond donors (Lipinski definition) is 1. The molecule has 0 amide bonds. The molecule has 0 aromatic heterocycles. The van der Waals surface area contributed by atoms with E-state index in [1.807, 2.05) is 13.8 Å². The Morgan fingerprint density at radius 1 is 1.17 bits per heavy atom. The number of carboxylic acid groups (broad SMARTS) is 1. The van der Waals surface area contributed by atoms with Crippen molar-refractivity contribution in [2.24, 2.45) is 0 Å². The minimum absolute atomic E-state index is 0. The lowest BCUT2D eigenvalue weighted by Gasteiger charge is -2.12. The van der Waals surface area contributed by atoms with Gasteiger partial charge in [0.25, 0.3) is 0 Å². The molecule has 1 N–H and O–H groups in total. The zero-order chi connectivity index (χ0) is 20.9. The number of hydrogen-bond acceptors (Lipinski definition) is 4. The third-order valence-electron chi connectivity index (χ3n) is 3.97. The number of halogens is 1. The molecule has 0 heterocycles. The first kappa shape index (κ1) is 24.5. The van der Waals surface area contributed by atoms with Crippen LogP contribution in [0.3, 0.4) is 0 Å². The van der Waals surface area contributed by atoms with Gasteiger partial charge in [-0.2, -0.15) is 0 Å². The Bertz CT molecular complexity index is 1050. The van der Waals surface area contributed by atoms with E-state index in [2.05, 4.69) is 11.8 Å². The number of carboxylic acids is 1. The second-order valence-corrected chi connectivity index (χ2v) is 8.83. The van der Waals surface area contributed by atoms with E-state index in [9.17, 15) is 13.2 Å². The van der Waals surface area contributed by atoms with Crippen molar-refractivity contribution in [3.63, 3.8) is 0 Å². The van der Waals surface area contributed by atoms with Gasteiger partial charge in [0, 0.05) is 10.6 Å². The highest BCUT2D eigenvalue weighted by atomic mass is 35.5. The predicted molar refractivity (Wildman–Crippen MR) is 115 cm³/mol. The summed E-state index contributed by atoms with van der Waals surface area (Å²) < 4.78 is 30.1. The van der Waals surface area contributed by atoms with Crippen molar-refractivity contribution in [1.29, 1.82) is 0 Å². The van der Waals surface area contributed by atoms with Gasteiger partial charge in [0.05, 0.1) is 16.2 Å². The maximum absolute atomic E-state index is 12.3. The molecule has 0 saturated heterocycles. The monoisotopic (exact) mass is 436 g/mol. The Morgan fingerprint density at radius 3 is 2.45 bits per heavy atom. The summed E-state index contributed by atoms with van der Waals surface area (Å²) in [5.41, 5.74) is 1.81. The van der Waals surface area contributed by atoms with E-state index in [1.54, 1.807) is 36.4 Å². The Morgan fingerprint density at radius 2 is 1.83 bits per heavy atom. The van der Waals surface area contributed by atoms with E-state index in [4.69, 9.17) is 21.4 Å². The topological polar surface area (TPSA) is 80.7 Å². The van der Waals surface area contributed by atoms with Crippen LogP contribution in [0.4, 0.5) is 0 Å². The van der Waals surface area contributed by atoms with Crippen molar-refractivity contribution in [3.8, 4) is 17.6 Å². The van der Waals surface area contributed by atoms with Gasteiger partial charge in [0.15, 0.2) is 15.9 Å². The zero-order valence-electron chi connectivity index (χ0n) is 15.8. The van der Waals surface area contributed by atoms with Crippen LogP contribution in [0.2, 0.25) is 5.02 Å². The van der Waals surface area contributed by atoms with Gasteiger partial charge in [0.2, 0.25) is 0 Å². The minimum atomic E-state index is -3.35. The first-order chi connectivity index (χ1) is 13.1. The van der Waals surface area contributed by atoms with Gasteiger partial charge >= 0.3 is 5.97 Å². The fourth-order valence-electron chi connectivity index (χ4n) is 2.39. The summed E-state index contributed by atoms with van der Waals surface area (Å²) in [5, 5.41) is 9.47. The van der Waals surface area contributed by atoms with Crippen molar-refractivity contribution in [2.75, 3.05) is 5.75 Å². The van der Waals surface area contributed by atoms with Crippen LogP contribution < -0.4 is 4.74 Å². The molecule has 0 aliphatic carbocycles. The summed E-state index contributed by atoms with van der Waals surface area (Å²) in [6.07, 6.45) is -0.520. The van der Waals surface area contributed by atoms with Crippen molar-refractivity contribution < 1.29 is 23.1 Å². The van der Waals surface area contributed by atoms with Crippen LogP contribution in [-0.4, -0.2) is 31.4 Å². The molecule has 0 fully saturated rings. The van der Waals surface area contributed by atoms with Crippen LogP contribution in [0.15, 0.2) is 41.3 Å². The summed E-state index contributed by atoms with van der Waals surface area (Å²) >= 11 is 6.03. The van der Waals surface area contributed by atoms with E-state index in [0.29, 0.717) is 28.3 Å². The third-order valence-corrected chi connectivity index (χ3v) is 6.12. The smallest absolute Gasteiger partial charge is 0.344 e. The quantitative estimate of drug-likeness (QED) is 0.662. The molecule has 0 radical (unpaired) electrons. The molecule has 0 aliphatic rings. The van der Waals surface area contributed by atoms with Gasteiger partial charge in [-0.05, 0) is 56.2 Å². The molecule has 2 aromatic rings. The van der Waals surface area contributed by atoms with Gasteiger partial charge in [-0.15, -0.1) is 0 Å². The summed E-state index contributed by atoms with van der Waals surface area (Å²) in [6.45, 7) is 5.06. The Hall–Kier alpha value is -2.49. The SMILES string of the molecule is C.CCCS(=O)(=O)c1ccc(C)c(C#Cc2cc(Cl)ccc2OC(C)C(=O)O)c1. The van der Waals surface area contributed by atoms with Crippen molar-refractivity contribution in [3.05, 3.63) is 58.1 Å². The molecule has 1 atom stereocenters. The predicted octanol–water partition coefficient (Wildman–Crippen LogP) is 4.72. The van der Waals surface area contributed by atoms with Crippen molar-refractivity contribution >= 4 is 27.4 Å². The van der Waals surface area contributed by atoms with Crippen LogP contribution in [0.5, 0.6) is 5.75 Å². The largest absolute Gasteiger partial charge is 0.479 e. The average Bonchev–Trinajstić information content (AvgIpc) is 2.62. The summed E-state index contributed by atoms with van der Waals surface area (Å²) in [7, 11) is -3.35. The van der Waals surface area contributed by atoms with Crippen LogP contribution in [-0.2, 0) is 14.6 Å². The highest BCUT2D eigenvalue weighted by molar-refractivity contribution is 7.91. The normalized spacial score (nSPS) is 11.6. The molecule has 29 heavy (non-hydrogen) atoms. The molecule has 0 aliphatic heterocycles. The Labute approximate surface area is 177 Å². The highest BCUT2D eigenvalue weighted by Gasteiger charge is 2.15. The van der Waals surface area contributed by atoms with Crippen LogP contribution in [0.25, 0.3) is 0 Å². The van der Waals surface area contributed by atoms with E-state index in [0.717, 1.165) is 5.56 Å². The molecule has 2 aromatic carbocycles. The lowest BCUT2D eigenvalue weighted by molar-refractivity contribution is -0.144. The molecule has 7 heteroatoms. The van der Waals surface area contributed by atoms with E-state index >= 15 is 0 Å². The lowest BCUT2D eigenvalue weighted by atomic mass is 10.1. The molecule has 0 saturated carbocycles. The molecular formula is C22H25ClO5S. The van der Waals surface area contributed by atoms with E-state index in [1.165, 1.54) is 6.92 Å². The van der Waals surface area contributed by atoms with Crippen LogP contribution >= 0.6 is 11.6 Å². The molecule has 2 rings (SSSR count). The maximum Gasteiger partial charge on any atom is 0.344 e. The van der Waals surface area contributed by atoms with Gasteiger partial charge in [-0.25, -0.2) is 13.2 Å². The summed E-state index contributed by atoms with van der Waals surface area (Å²) in [4.78, 5) is 11.3. The number of aliphatic carboxylic acids is 1. The second kappa shape index (κ2) is 10.3. The van der Waals surface area contributed by atoms with E-state index < -0.39 is 21.9 Å². The third kappa shape index (κ3) is 6.52. The maximum atomic E-state index is 12.3. The number of carbonyl (C=O) groups is 1. The number of ether oxygens (including phenoxy) is 1. The fraction of sp³-hybridized carbons (Fsp3) is 0.318. The number of sulfone groups is 1. The summed E-state index contributed by atoms with van der Waals surface area (Å²) in [6, 6.07) is 9.56. The molecule has 5 nitrogen and oxygen atoms in total. The van der Waals surface area contributed by atoms with E-state index in [-0.39, 0.29) is 18.1 Å². The van der Waals surface area contributed by atoms with Crippen LogP contribution in [0.1, 0.15) is 44.4 Å². The highest BCUT2D eigenvalue weighted by Crippen LogP contribution is 2.24. The minimum Gasteiger partial charge on any atom is -0.479 e. The van der Waals surface area contributed by atoms with Crippen molar-refractivity contribution in [1.82, 2.24) is 0 Å². The first-order valence-corrected chi connectivity index (χ1v) is 10.7. The fourth-order valence-corrected chi connectivity index (χ4v) is 3.91. The molecule has 0 bridgehead atoms. The number of rotatable bonds is 6. The Balaban J connectivity index is 0.00000420. The van der Waals surface area contributed by atoms with Gasteiger partial charge in [0.1, 0.15) is 5.75 Å². The zero-order valence-corrected chi connectivity index (χ0v) is 17.4. The van der Waals surface area contributed by atoms with Crippen LogP contribution in [0, 0.1) is 18.8 Å². The number of aryl methyl sites for hydroxylation is 1. The van der Waals surface area contributed by atoms with Gasteiger partial charge < -0.3 is 9.84 Å². The average molecular weight is 437 g/mol. The molecular weight excluding hydrogens is 412 g/mol. The molecule has 156 valence electrons. The molecule has 0 spiro atoms. The first-order valence-electron chi connectivity index (χ1n) is 8.68. The lowest BCUT2D eigenvalue weighted by Crippen LogP contribution is -2.23. The standard InChI is InChI=1S/C21H21ClO5S.CH4/c1-4-11-28(25,26)19-9-5-14(2)16(13-19)6-7-17-12-18(22)8-10-20(17)27-15(3)21(23)24;/h5,8-10,12-13,15H,4,11H2,1-3H3,(H,23,24);1H4. The summed E-state index contributed by atoms with van der Waals surface area (Å²) in [5.74, 6) is 5.14. The molecule has 1 unspecified atom stereocenters. The number of benzene rings is 2. The van der Waals surface area contributed by atoms with Gasteiger partial charge in [-0.1, -0.05) is 43.9 Å². The van der Waals surface area contributed by atoms with Gasteiger partial charge in [-0.3, -0.25) is 0 Å². The second-order valence-electron chi connectivity index (χ2n) is 6.28. The van der Waals surface area contributed by atoms with Crippen molar-refractivity contribution in [2.45, 2.75) is 45.6 Å².